The lowest BCUT2D eigenvalue weighted by Gasteiger charge is -2.33. The molecule has 0 aromatic heterocycles. The van der Waals surface area contributed by atoms with Crippen LogP contribution >= 0.6 is 0 Å². The average Bonchev–Trinajstić information content (AvgIpc) is 2.62. The molecule has 3 heteroatoms. The minimum absolute atomic E-state index is 0.350. The molecule has 3 nitrogen and oxygen atoms in total. The normalized spacial score (nSPS) is 17.8. The minimum atomic E-state index is -0.441. The number of hydrogen-bond donors (Lipinski definition) is 1. The van der Waals surface area contributed by atoms with Gasteiger partial charge < -0.3 is 14.7 Å². The Bertz CT molecular complexity index is 565. The third-order valence-corrected chi connectivity index (χ3v) is 4.51. The van der Waals surface area contributed by atoms with E-state index in [1.807, 2.05) is 30.3 Å². The first-order valence-corrected chi connectivity index (χ1v) is 8.44. The van der Waals surface area contributed by atoms with Gasteiger partial charge in [0.25, 0.3) is 0 Å². The summed E-state index contributed by atoms with van der Waals surface area (Å²) in [5.74, 6) is 1.47. The number of nitrogens with zero attached hydrogens (tertiary/aromatic N) is 1. The summed E-state index contributed by atoms with van der Waals surface area (Å²) in [7, 11) is 0. The Labute approximate surface area is 138 Å². The van der Waals surface area contributed by atoms with E-state index < -0.39 is 6.10 Å². The van der Waals surface area contributed by atoms with Gasteiger partial charge in [-0.3, -0.25) is 0 Å². The Morgan fingerprint density at radius 3 is 2.22 bits per heavy atom. The fourth-order valence-corrected chi connectivity index (χ4v) is 3.23. The SMILES string of the molecule is OC(COc1ccccc1)CN1CCC(c2ccccc2)CC1. The first kappa shape index (κ1) is 16.0. The van der Waals surface area contributed by atoms with Crippen LogP contribution in [0.15, 0.2) is 60.7 Å². The van der Waals surface area contributed by atoms with Gasteiger partial charge in [-0.05, 0) is 49.5 Å². The summed E-state index contributed by atoms with van der Waals surface area (Å²) < 4.78 is 5.62. The number of para-hydroxylation sites is 1. The van der Waals surface area contributed by atoms with Crippen LogP contribution in [0.25, 0.3) is 0 Å². The van der Waals surface area contributed by atoms with Crippen molar-refractivity contribution in [2.75, 3.05) is 26.2 Å². The molecule has 1 fully saturated rings. The van der Waals surface area contributed by atoms with Crippen LogP contribution in [0, 0.1) is 0 Å². The van der Waals surface area contributed by atoms with Gasteiger partial charge in [0, 0.05) is 6.54 Å². The minimum Gasteiger partial charge on any atom is -0.491 e. The molecule has 1 heterocycles. The van der Waals surface area contributed by atoms with E-state index in [-0.39, 0.29) is 0 Å². The van der Waals surface area contributed by atoms with Gasteiger partial charge in [0.05, 0.1) is 0 Å². The molecule has 1 saturated heterocycles. The van der Waals surface area contributed by atoms with Crippen molar-refractivity contribution in [2.45, 2.75) is 24.9 Å². The number of aliphatic hydroxyl groups excluding tert-OH is 1. The highest BCUT2D eigenvalue weighted by Gasteiger charge is 2.22. The van der Waals surface area contributed by atoms with E-state index in [9.17, 15) is 5.11 Å². The molecule has 2 aromatic rings. The Morgan fingerprint density at radius 2 is 1.57 bits per heavy atom. The summed E-state index contributed by atoms with van der Waals surface area (Å²) in [4.78, 5) is 2.35. The molecule has 122 valence electrons. The van der Waals surface area contributed by atoms with Gasteiger partial charge in [-0.1, -0.05) is 48.5 Å². The zero-order valence-corrected chi connectivity index (χ0v) is 13.5. The van der Waals surface area contributed by atoms with E-state index in [1.54, 1.807) is 0 Å². The van der Waals surface area contributed by atoms with Gasteiger partial charge in [-0.15, -0.1) is 0 Å². The molecule has 1 unspecified atom stereocenters. The Kier molecular flexibility index (Phi) is 5.67. The topological polar surface area (TPSA) is 32.7 Å². The summed E-state index contributed by atoms with van der Waals surface area (Å²) >= 11 is 0. The van der Waals surface area contributed by atoms with E-state index in [2.05, 4.69) is 35.2 Å². The zero-order valence-electron chi connectivity index (χ0n) is 13.5. The van der Waals surface area contributed by atoms with E-state index in [4.69, 9.17) is 4.74 Å². The highest BCUT2D eigenvalue weighted by molar-refractivity contribution is 5.21. The molecule has 1 aliphatic rings. The fraction of sp³-hybridized carbons (Fsp3) is 0.400. The summed E-state index contributed by atoms with van der Waals surface area (Å²) in [6, 6.07) is 20.4. The highest BCUT2D eigenvalue weighted by Crippen LogP contribution is 2.27. The maximum Gasteiger partial charge on any atom is 0.119 e. The lowest BCUT2D eigenvalue weighted by molar-refractivity contribution is 0.0594. The van der Waals surface area contributed by atoms with E-state index in [1.165, 1.54) is 5.56 Å². The summed E-state index contributed by atoms with van der Waals surface area (Å²) in [6.07, 6.45) is 1.88. The number of hydrogen-bond acceptors (Lipinski definition) is 3. The molecule has 23 heavy (non-hydrogen) atoms. The number of aliphatic hydroxyl groups is 1. The molecule has 1 atom stereocenters. The molecule has 0 bridgehead atoms. The molecule has 0 saturated carbocycles. The molecule has 0 spiro atoms. The number of piperidine rings is 1. The third kappa shape index (κ3) is 4.81. The van der Waals surface area contributed by atoms with Crippen LogP contribution in [-0.4, -0.2) is 42.4 Å². The lowest BCUT2D eigenvalue weighted by Crippen LogP contribution is -2.40. The molecule has 2 aromatic carbocycles. The molecular weight excluding hydrogens is 286 g/mol. The van der Waals surface area contributed by atoms with E-state index in [0.717, 1.165) is 31.7 Å². The van der Waals surface area contributed by atoms with Gasteiger partial charge in [0.15, 0.2) is 0 Å². The largest absolute Gasteiger partial charge is 0.491 e. The summed E-state index contributed by atoms with van der Waals surface area (Å²) in [5, 5.41) is 10.2. The zero-order chi connectivity index (χ0) is 15.9. The predicted molar refractivity (Wildman–Crippen MR) is 92.8 cm³/mol. The smallest absolute Gasteiger partial charge is 0.119 e. The van der Waals surface area contributed by atoms with E-state index >= 15 is 0 Å². The monoisotopic (exact) mass is 311 g/mol. The average molecular weight is 311 g/mol. The molecular formula is C20H25NO2. The Balaban J connectivity index is 1.40. The van der Waals surface area contributed by atoms with Crippen LogP contribution in [0.3, 0.4) is 0 Å². The van der Waals surface area contributed by atoms with Crippen LogP contribution in [0.4, 0.5) is 0 Å². The maximum atomic E-state index is 10.2. The molecule has 0 amide bonds. The third-order valence-electron chi connectivity index (χ3n) is 4.51. The summed E-state index contributed by atoms with van der Waals surface area (Å²) in [6.45, 7) is 3.13. The van der Waals surface area contributed by atoms with Gasteiger partial charge in [-0.25, -0.2) is 0 Å². The van der Waals surface area contributed by atoms with Crippen molar-refractivity contribution in [3.63, 3.8) is 0 Å². The predicted octanol–water partition coefficient (Wildman–Crippen LogP) is 3.31. The van der Waals surface area contributed by atoms with Crippen LogP contribution in [-0.2, 0) is 0 Å². The molecule has 0 radical (unpaired) electrons. The molecule has 1 aliphatic heterocycles. The van der Waals surface area contributed by atoms with Gasteiger partial charge in [0.1, 0.15) is 18.5 Å². The van der Waals surface area contributed by atoms with Crippen molar-refractivity contribution in [3.8, 4) is 5.75 Å². The Morgan fingerprint density at radius 1 is 0.957 bits per heavy atom. The first-order valence-electron chi connectivity index (χ1n) is 8.44. The van der Waals surface area contributed by atoms with Gasteiger partial charge >= 0.3 is 0 Å². The number of ether oxygens (including phenoxy) is 1. The van der Waals surface area contributed by atoms with Crippen LogP contribution < -0.4 is 4.74 Å². The number of benzene rings is 2. The molecule has 3 rings (SSSR count). The van der Waals surface area contributed by atoms with Gasteiger partial charge in [0.2, 0.25) is 0 Å². The standard InChI is InChI=1S/C20H25NO2/c22-19(16-23-20-9-5-2-6-10-20)15-21-13-11-18(12-14-21)17-7-3-1-4-8-17/h1-10,18-19,22H,11-16H2. The second kappa shape index (κ2) is 8.14. The van der Waals surface area contributed by atoms with Crippen LogP contribution in [0.5, 0.6) is 5.75 Å². The number of likely N-dealkylation sites (tertiary alicyclic amines) is 1. The summed E-state index contributed by atoms with van der Waals surface area (Å²) in [5.41, 5.74) is 1.44. The number of β-amino-alcohol motifs (C(OH)–C–C–N with tert-alkyl or cyclic N) is 1. The van der Waals surface area contributed by atoms with E-state index in [0.29, 0.717) is 19.1 Å². The van der Waals surface area contributed by atoms with Crippen molar-refractivity contribution in [1.82, 2.24) is 4.90 Å². The van der Waals surface area contributed by atoms with Crippen LogP contribution in [0.1, 0.15) is 24.3 Å². The maximum absolute atomic E-state index is 10.2. The van der Waals surface area contributed by atoms with Crippen LogP contribution in [0.2, 0.25) is 0 Å². The van der Waals surface area contributed by atoms with Gasteiger partial charge in [-0.2, -0.15) is 0 Å². The molecule has 0 aliphatic carbocycles. The highest BCUT2D eigenvalue weighted by atomic mass is 16.5. The van der Waals surface area contributed by atoms with Crippen molar-refractivity contribution in [3.05, 3.63) is 66.2 Å². The number of rotatable bonds is 6. The lowest BCUT2D eigenvalue weighted by atomic mass is 9.89. The fourth-order valence-electron chi connectivity index (χ4n) is 3.23. The van der Waals surface area contributed by atoms with Crippen molar-refractivity contribution in [2.24, 2.45) is 0 Å². The second-order valence-electron chi connectivity index (χ2n) is 6.26. The Hall–Kier alpha value is -1.84. The molecule has 1 N–H and O–H groups in total. The quantitative estimate of drug-likeness (QED) is 0.888. The second-order valence-corrected chi connectivity index (χ2v) is 6.26. The van der Waals surface area contributed by atoms with Crippen molar-refractivity contribution < 1.29 is 9.84 Å². The first-order chi connectivity index (χ1) is 11.3. The van der Waals surface area contributed by atoms with Crippen molar-refractivity contribution in [1.29, 1.82) is 0 Å². The van der Waals surface area contributed by atoms with Crippen molar-refractivity contribution >= 4 is 0 Å².